The summed E-state index contributed by atoms with van der Waals surface area (Å²) in [5.41, 5.74) is -0.000655. The van der Waals surface area contributed by atoms with E-state index in [0.717, 1.165) is 37.3 Å². The van der Waals surface area contributed by atoms with Gasteiger partial charge in [-0.15, -0.1) is 0 Å². The van der Waals surface area contributed by atoms with Crippen LogP contribution in [-0.2, 0) is 11.6 Å². The summed E-state index contributed by atoms with van der Waals surface area (Å²) in [6, 6.07) is 2.64. The Kier molecular flexibility index (Phi) is 4.77. The molecule has 1 heterocycles. The summed E-state index contributed by atoms with van der Waals surface area (Å²) in [6.45, 7) is 6.27. The molecule has 0 N–H and O–H groups in total. The van der Waals surface area contributed by atoms with E-state index in [1.807, 2.05) is 0 Å². The molecule has 0 aliphatic rings. The maximum absolute atomic E-state index is 12.4. The van der Waals surface area contributed by atoms with Gasteiger partial charge in [-0.25, -0.2) is 0 Å². The van der Waals surface area contributed by atoms with Crippen LogP contribution in [0.1, 0.15) is 57.7 Å². The Hall–Kier alpha value is -1.06. The summed E-state index contributed by atoms with van der Waals surface area (Å²) in [6.07, 6.45) is 1.06. The van der Waals surface area contributed by atoms with Gasteiger partial charge in [0.05, 0.1) is 0 Å². The van der Waals surface area contributed by atoms with E-state index in [9.17, 15) is 13.2 Å². The molecule has 0 fully saturated rings. The lowest BCUT2D eigenvalue weighted by atomic mass is 9.77. The van der Waals surface area contributed by atoms with Crippen LogP contribution < -0.4 is 0 Å². The van der Waals surface area contributed by atoms with Gasteiger partial charge >= 0.3 is 6.18 Å². The minimum absolute atomic E-state index is 0.0763. The first kappa shape index (κ1) is 15.0. The highest BCUT2D eigenvalue weighted by atomic mass is 19.4. The normalized spacial score (nSPS) is 15.4. The fraction of sp³-hybridized carbons (Fsp3) is 0.643. The van der Waals surface area contributed by atoms with Crippen LogP contribution in [0.5, 0.6) is 0 Å². The van der Waals surface area contributed by atoms with Crippen molar-refractivity contribution < 1.29 is 13.2 Å². The van der Waals surface area contributed by atoms with E-state index in [4.69, 9.17) is 0 Å². The predicted octanol–water partition coefficient (Wildman–Crippen LogP) is 4.96. The van der Waals surface area contributed by atoms with Crippen LogP contribution in [0.2, 0.25) is 0 Å². The first-order chi connectivity index (χ1) is 8.33. The number of rotatable bonds is 5. The van der Waals surface area contributed by atoms with Crippen molar-refractivity contribution in [2.75, 3.05) is 0 Å². The van der Waals surface area contributed by atoms with Gasteiger partial charge in [0.1, 0.15) is 5.69 Å². The zero-order valence-electron chi connectivity index (χ0n) is 11.1. The molecule has 0 spiro atoms. The van der Waals surface area contributed by atoms with Gasteiger partial charge in [-0.05, 0) is 29.9 Å². The van der Waals surface area contributed by atoms with E-state index in [1.165, 1.54) is 6.20 Å². The largest absolute Gasteiger partial charge is 0.433 e. The van der Waals surface area contributed by atoms with Crippen LogP contribution >= 0.6 is 0 Å². The second-order valence-corrected chi connectivity index (χ2v) is 4.95. The minimum Gasteiger partial charge on any atom is -0.251 e. The molecule has 0 aliphatic heterocycles. The molecular weight excluding hydrogens is 239 g/mol. The molecule has 0 aromatic carbocycles. The molecule has 1 aromatic rings. The number of hydrogen-bond acceptors (Lipinski definition) is 1. The molecule has 0 amide bonds. The van der Waals surface area contributed by atoms with Gasteiger partial charge in [-0.2, -0.15) is 13.2 Å². The number of unbranched alkanes of at least 4 members (excludes halogenated alkanes) is 1. The quantitative estimate of drug-likeness (QED) is 0.728. The Morgan fingerprint density at radius 2 is 1.83 bits per heavy atom. The zero-order chi connectivity index (χ0) is 13.8. The molecule has 1 rings (SSSR count). The molecule has 0 aliphatic carbocycles. The molecule has 4 heteroatoms. The van der Waals surface area contributed by atoms with E-state index in [-0.39, 0.29) is 5.41 Å². The summed E-state index contributed by atoms with van der Waals surface area (Å²) >= 11 is 0. The Morgan fingerprint density at radius 1 is 1.17 bits per heavy atom. The molecule has 0 saturated carbocycles. The van der Waals surface area contributed by atoms with Gasteiger partial charge in [0.15, 0.2) is 0 Å². The van der Waals surface area contributed by atoms with Crippen molar-refractivity contribution in [3.63, 3.8) is 0 Å². The van der Waals surface area contributed by atoms with Gasteiger partial charge < -0.3 is 0 Å². The third-order valence-corrected chi connectivity index (χ3v) is 3.61. The second-order valence-electron chi connectivity index (χ2n) is 4.95. The van der Waals surface area contributed by atoms with Crippen molar-refractivity contribution in [2.45, 2.75) is 58.0 Å². The van der Waals surface area contributed by atoms with Crippen molar-refractivity contribution in [1.29, 1.82) is 0 Å². The van der Waals surface area contributed by atoms with Gasteiger partial charge in [0.2, 0.25) is 0 Å². The molecule has 0 radical (unpaired) electrons. The number of alkyl halides is 3. The van der Waals surface area contributed by atoms with Crippen molar-refractivity contribution in [3.8, 4) is 0 Å². The lowest BCUT2D eigenvalue weighted by Gasteiger charge is -2.28. The van der Waals surface area contributed by atoms with E-state index < -0.39 is 11.9 Å². The molecule has 0 saturated heterocycles. The van der Waals surface area contributed by atoms with Crippen molar-refractivity contribution in [2.24, 2.45) is 0 Å². The van der Waals surface area contributed by atoms with Crippen LogP contribution in [0, 0.1) is 0 Å². The van der Waals surface area contributed by atoms with Gasteiger partial charge in [0, 0.05) is 6.20 Å². The predicted molar refractivity (Wildman–Crippen MR) is 66.4 cm³/mol. The van der Waals surface area contributed by atoms with Gasteiger partial charge in [0.25, 0.3) is 0 Å². The lowest BCUT2D eigenvalue weighted by molar-refractivity contribution is -0.141. The van der Waals surface area contributed by atoms with Crippen molar-refractivity contribution >= 4 is 0 Å². The number of hydrogen-bond donors (Lipinski definition) is 0. The first-order valence-electron chi connectivity index (χ1n) is 6.37. The molecule has 0 bridgehead atoms. The Morgan fingerprint density at radius 3 is 2.22 bits per heavy atom. The first-order valence-corrected chi connectivity index (χ1v) is 6.37. The summed E-state index contributed by atoms with van der Waals surface area (Å²) in [5, 5.41) is 0. The van der Waals surface area contributed by atoms with Crippen molar-refractivity contribution in [1.82, 2.24) is 4.98 Å². The maximum atomic E-state index is 12.4. The monoisotopic (exact) mass is 259 g/mol. The van der Waals surface area contributed by atoms with E-state index in [0.29, 0.717) is 0 Å². The number of nitrogens with zero attached hydrogens (tertiary/aromatic N) is 1. The third kappa shape index (κ3) is 3.47. The summed E-state index contributed by atoms with van der Waals surface area (Å²) < 4.78 is 37.3. The number of aromatic nitrogens is 1. The van der Waals surface area contributed by atoms with Crippen LogP contribution in [-0.4, -0.2) is 4.98 Å². The van der Waals surface area contributed by atoms with E-state index in [1.54, 1.807) is 6.07 Å². The standard InChI is InChI=1S/C14H20F3N/c1-4-6-9-13(3,5-2)11-7-8-12(18-10-11)14(15,16)17/h7-8,10H,4-6,9H2,1-3H3. The van der Waals surface area contributed by atoms with Crippen LogP contribution in [0.15, 0.2) is 18.3 Å². The fourth-order valence-corrected chi connectivity index (χ4v) is 2.01. The highest BCUT2D eigenvalue weighted by Crippen LogP contribution is 2.34. The summed E-state index contributed by atoms with van der Waals surface area (Å²) in [5.74, 6) is 0. The lowest BCUT2D eigenvalue weighted by Crippen LogP contribution is -2.21. The number of halogens is 3. The average Bonchev–Trinajstić information content (AvgIpc) is 2.35. The maximum Gasteiger partial charge on any atom is 0.433 e. The van der Waals surface area contributed by atoms with Crippen LogP contribution in [0.3, 0.4) is 0 Å². The smallest absolute Gasteiger partial charge is 0.251 e. The van der Waals surface area contributed by atoms with E-state index in [2.05, 4.69) is 25.8 Å². The summed E-state index contributed by atoms with van der Waals surface area (Å²) in [4.78, 5) is 3.55. The second kappa shape index (κ2) is 5.72. The Balaban J connectivity index is 2.95. The molecule has 1 atom stereocenters. The molecular formula is C14H20F3N. The minimum atomic E-state index is -4.36. The summed E-state index contributed by atoms with van der Waals surface area (Å²) in [7, 11) is 0. The topological polar surface area (TPSA) is 12.9 Å². The third-order valence-electron chi connectivity index (χ3n) is 3.61. The van der Waals surface area contributed by atoms with Crippen molar-refractivity contribution in [3.05, 3.63) is 29.6 Å². The molecule has 18 heavy (non-hydrogen) atoms. The van der Waals surface area contributed by atoms with E-state index >= 15 is 0 Å². The molecule has 1 unspecified atom stereocenters. The average molecular weight is 259 g/mol. The Labute approximate surface area is 106 Å². The molecule has 1 nitrogen and oxygen atoms in total. The molecule has 1 aromatic heterocycles. The van der Waals surface area contributed by atoms with Crippen LogP contribution in [0.4, 0.5) is 13.2 Å². The van der Waals surface area contributed by atoms with Crippen LogP contribution in [0.25, 0.3) is 0 Å². The Bertz CT molecular complexity index is 370. The zero-order valence-corrected chi connectivity index (χ0v) is 11.1. The van der Waals surface area contributed by atoms with Gasteiger partial charge in [-0.3, -0.25) is 4.98 Å². The van der Waals surface area contributed by atoms with Gasteiger partial charge in [-0.1, -0.05) is 39.7 Å². The fourth-order valence-electron chi connectivity index (χ4n) is 2.01. The highest BCUT2D eigenvalue weighted by Gasteiger charge is 2.33. The SMILES string of the molecule is CCCCC(C)(CC)c1ccc(C(F)(F)F)nc1. The number of pyridine rings is 1. The molecule has 102 valence electrons. The highest BCUT2D eigenvalue weighted by molar-refractivity contribution is 5.23.